The maximum Gasteiger partial charge on any atom is 0.356 e. The molecule has 1 aromatic carbocycles. The van der Waals surface area contributed by atoms with Crippen LogP contribution in [0.3, 0.4) is 0 Å². The molecule has 0 aliphatic carbocycles. The Morgan fingerprint density at radius 1 is 1.38 bits per heavy atom. The molecule has 16 heavy (non-hydrogen) atoms. The lowest BCUT2D eigenvalue weighted by Crippen LogP contribution is -1.95. The lowest BCUT2D eigenvalue weighted by Gasteiger charge is -2.00. The number of aryl methyl sites for hydroxylation is 1. The highest BCUT2D eigenvalue weighted by molar-refractivity contribution is 9.10. The van der Waals surface area contributed by atoms with E-state index >= 15 is 0 Å². The zero-order valence-electron chi connectivity index (χ0n) is 8.51. The van der Waals surface area contributed by atoms with E-state index in [4.69, 9.17) is 5.11 Å². The molecule has 0 aliphatic rings. The van der Waals surface area contributed by atoms with Gasteiger partial charge >= 0.3 is 5.97 Å². The van der Waals surface area contributed by atoms with Crippen LogP contribution < -0.4 is 0 Å². The monoisotopic (exact) mass is 280 g/mol. The summed E-state index contributed by atoms with van der Waals surface area (Å²) in [6, 6.07) is 7.56. The summed E-state index contributed by atoms with van der Waals surface area (Å²) >= 11 is 3.34. The second kappa shape index (κ2) is 4.09. The van der Waals surface area contributed by atoms with Crippen molar-refractivity contribution in [1.82, 2.24) is 9.55 Å². The van der Waals surface area contributed by atoms with Gasteiger partial charge in [0.2, 0.25) is 0 Å². The number of aromatic nitrogens is 2. The number of nitrogens with zero attached hydrogens (tertiary/aromatic N) is 2. The Labute approximate surface area is 101 Å². The van der Waals surface area contributed by atoms with Crippen LogP contribution in [-0.2, 0) is 7.05 Å². The molecule has 82 valence electrons. The number of halogens is 1. The minimum Gasteiger partial charge on any atom is -0.476 e. The average Bonchev–Trinajstić information content (AvgIpc) is 2.62. The number of hydrogen-bond acceptors (Lipinski definition) is 2. The van der Waals surface area contributed by atoms with Crippen molar-refractivity contribution < 1.29 is 9.90 Å². The summed E-state index contributed by atoms with van der Waals surface area (Å²) in [5, 5.41) is 8.83. The Bertz CT molecular complexity index is 531. The summed E-state index contributed by atoms with van der Waals surface area (Å²) in [4.78, 5) is 14.8. The van der Waals surface area contributed by atoms with Crippen molar-refractivity contribution in [3.8, 4) is 11.4 Å². The second-order valence-electron chi connectivity index (χ2n) is 3.37. The van der Waals surface area contributed by atoms with Gasteiger partial charge in [-0.05, 0) is 12.1 Å². The SMILES string of the molecule is Cn1cc(C(=O)O)nc1-c1ccc(Br)cc1. The van der Waals surface area contributed by atoms with Crippen LogP contribution >= 0.6 is 15.9 Å². The minimum absolute atomic E-state index is 0.0559. The molecule has 0 saturated heterocycles. The average molecular weight is 281 g/mol. The minimum atomic E-state index is -1.01. The van der Waals surface area contributed by atoms with Crippen molar-refractivity contribution in [2.75, 3.05) is 0 Å². The molecule has 1 aromatic heterocycles. The highest BCUT2D eigenvalue weighted by atomic mass is 79.9. The lowest BCUT2D eigenvalue weighted by molar-refractivity contribution is 0.0691. The number of imidazole rings is 1. The van der Waals surface area contributed by atoms with E-state index in [0.717, 1.165) is 10.0 Å². The third-order valence-corrected chi connectivity index (χ3v) is 2.73. The van der Waals surface area contributed by atoms with Gasteiger partial charge in [-0.2, -0.15) is 0 Å². The molecule has 0 amide bonds. The molecular formula is C11H9BrN2O2. The van der Waals surface area contributed by atoms with Gasteiger partial charge in [0.1, 0.15) is 5.82 Å². The van der Waals surface area contributed by atoms with Crippen molar-refractivity contribution in [1.29, 1.82) is 0 Å². The van der Waals surface area contributed by atoms with E-state index in [0.29, 0.717) is 5.82 Å². The van der Waals surface area contributed by atoms with E-state index in [9.17, 15) is 4.79 Å². The summed E-state index contributed by atoms with van der Waals surface area (Å²) < 4.78 is 2.68. The number of carbonyl (C=O) groups is 1. The summed E-state index contributed by atoms with van der Waals surface area (Å²) in [5.74, 6) is -0.371. The van der Waals surface area contributed by atoms with Gasteiger partial charge in [-0.15, -0.1) is 0 Å². The van der Waals surface area contributed by atoms with Crippen LogP contribution in [0.5, 0.6) is 0 Å². The van der Waals surface area contributed by atoms with E-state index in [2.05, 4.69) is 20.9 Å². The fraction of sp³-hybridized carbons (Fsp3) is 0.0909. The molecule has 0 atom stereocenters. The molecule has 0 radical (unpaired) electrons. The lowest BCUT2D eigenvalue weighted by atomic mass is 10.2. The first-order chi connectivity index (χ1) is 7.58. The molecule has 5 heteroatoms. The number of hydrogen-bond donors (Lipinski definition) is 1. The van der Waals surface area contributed by atoms with Crippen molar-refractivity contribution >= 4 is 21.9 Å². The number of benzene rings is 1. The number of carboxylic acids is 1. The quantitative estimate of drug-likeness (QED) is 0.920. The summed E-state index contributed by atoms with van der Waals surface area (Å²) in [5.41, 5.74) is 0.943. The Balaban J connectivity index is 2.47. The van der Waals surface area contributed by atoms with E-state index in [1.165, 1.54) is 6.20 Å². The molecule has 4 nitrogen and oxygen atoms in total. The van der Waals surface area contributed by atoms with Gasteiger partial charge < -0.3 is 9.67 Å². The van der Waals surface area contributed by atoms with Crippen molar-refractivity contribution in [2.24, 2.45) is 7.05 Å². The van der Waals surface area contributed by atoms with Gasteiger partial charge in [0, 0.05) is 23.3 Å². The molecular weight excluding hydrogens is 272 g/mol. The van der Waals surface area contributed by atoms with Crippen LogP contribution in [0.1, 0.15) is 10.5 Å². The molecule has 0 spiro atoms. The second-order valence-corrected chi connectivity index (χ2v) is 4.29. The highest BCUT2D eigenvalue weighted by Crippen LogP contribution is 2.20. The Morgan fingerprint density at radius 3 is 2.50 bits per heavy atom. The van der Waals surface area contributed by atoms with Crippen LogP contribution in [0.4, 0.5) is 0 Å². The van der Waals surface area contributed by atoms with Gasteiger partial charge in [0.15, 0.2) is 5.69 Å². The Morgan fingerprint density at radius 2 is 2.00 bits per heavy atom. The first kappa shape index (κ1) is 10.9. The summed E-state index contributed by atoms with van der Waals surface area (Å²) in [6.45, 7) is 0. The summed E-state index contributed by atoms with van der Waals surface area (Å²) in [7, 11) is 1.77. The van der Waals surface area contributed by atoms with Crippen molar-refractivity contribution in [3.63, 3.8) is 0 Å². The molecule has 1 heterocycles. The fourth-order valence-corrected chi connectivity index (χ4v) is 1.70. The number of rotatable bonds is 2. The van der Waals surface area contributed by atoms with Crippen LogP contribution in [0.2, 0.25) is 0 Å². The first-order valence-electron chi connectivity index (χ1n) is 4.60. The van der Waals surface area contributed by atoms with Crippen molar-refractivity contribution in [2.45, 2.75) is 0 Å². The van der Waals surface area contributed by atoms with E-state index < -0.39 is 5.97 Å². The first-order valence-corrected chi connectivity index (χ1v) is 5.40. The number of aromatic carboxylic acids is 1. The standard InChI is InChI=1S/C11H9BrN2O2/c1-14-6-9(11(15)16)13-10(14)7-2-4-8(12)5-3-7/h2-6H,1H3,(H,15,16). The third-order valence-electron chi connectivity index (χ3n) is 2.20. The van der Waals surface area contributed by atoms with E-state index in [1.807, 2.05) is 24.3 Å². The molecule has 1 N–H and O–H groups in total. The third kappa shape index (κ3) is 1.99. The van der Waals surface area contributed by atoms with Crippen molar-refractivity contribution in [3.05, 3.63) is 40.6 Å². The zero-order valence-corrected chi connectivity index (χ0v) is 10.1. The molecule has 2 aromatic rings. The van der Waals surface area contributed by atoms with Crippen LogP contribution in [0.25, 0.3) is 11.4 Å². The Hall–Kier alpha value is -1.62. The normalized spacial score (nSPS) is 10.4. The summed E-state index contributed by atoms with van der Waals surface area (Å²) in [6.07, 6.45) is 1.50. The van der Waals surface area contributed by atoms with Gasteiger partial charge in [-0.25, -0.2) is 9.78 Å². The molecule has 0 fully saturated rings. The van der Waals surface area contributed by atoms with E-state index in [-0.39, 0.29) is 5.69 Å². The smallest absolute Gasteiger partial charge is 0.356 e. The predicted octanol–water partition coefficient (Wildman–Crippen LogP) is 2.55. The van der Waals surface area contributed by atoms with Crippen LogP contribution in [0.15, 0.2) is 34.9 Å². The maximum atomic E-state index is 10.8. The largest absolute Gasteiger partial charge is 0.476 e. The molecule has 0 bridgehead atoms. The topological polar surface area (TPSA) is 55.1 Å². The van der Waals surface area contributed by atoms with Gasteiger partial charge in [0.05, 0.1) is 0 Å². The van der Waals surface area contributed by atoms with Gasteiger partial charge in [-0.3, -0.25) is 0 Å². The number of carboxylic acid groups (broad SMARTS) is 1. The maximum absolute atomic E-state index is 10.8. The molecule has 0 saturated carbocycles. The van der Waals surface area contributed by atoms with Gasteiger partial charge in [0.25, 0.3) is 0 Å². The highest BCUT2D eigenvalue weighted by Gasteiger charge is 2.12. The van der Waals surface area contributed by atoms with Crippen LogP contribution in [0, 0.1) is 0 Å². The zero-order chi connectivity index (χ0) is 11.7. The molecule has 0 unspecified atom stereocenters. The Kier molecular flexibility index (Phi) is 2.78. The van der Waals surface area contributed by atoms with Gasteiger partial charge in [-0.1, -0.05) is 28.1 Å². The fourth-order valence-electron chi connectivity index (χ4n) is 1.44. The molecule has 2 rings (SSSR count). The molecule has 0 aliphatic heterocycles. The van der Waals surface area contributed by atoms with Crippen LogP contribution in [-0.4, -0.2) is 20.6 Å². The van der Waals surface area contributed by atoms with E-state index in [1.54, 1.807) is 11.6 Å². The predicted molar refractivity (Wildman–Crippen MR) is 63.3 cm³/mol.